The number of nitrogens with zero attached hydrogens (tertiary/aromatic N) is 2. The molecular weight excluding hydrogens is 231 g/mol. The monoisotopic (exact) mass is 238 g/mol. The van der Waals surface area contributed by atoms with E-state index in [4.69, 9.17) is 0 Å². The second-order valence-corrected chi connectivity index (χ2v) is 3.81. The minimum Gasteiger partial charge on any atom is -0.502 e. The number of halogens is 1. The smallest absolute Gasteiger partial charge is 0.314 e. The first kappa shape index (κ1) is 11.2. The molecule has 0 heterocycles. The Morgan fingerprint density at radius 1 is 1.53 bits per heavy atom. The summed E-state index contributed by atoms with van der Waals surface area (Å²) in [4.78, 5) is 23.4. The van der Waals surface area contributed by atoms with Crippen molar-refractivity contribution < 1.29 is 19.2 Å². The molecule has 1 aliphatic carbocycles. The Hall–Kier alpha value is -2.27. The Morgan fingerprint density at radius 3 is 2.65 bits per heavy atom. The van der Waals surface area contributed by atoms with Crippen molar-refractivity contribution in [1.29, 1.82) is 0 Å². The van der Waals surface area contributed by atoms with Gasteiger partial charge in [-0.1, -0.05) is 0 Å². The maximum absolute atomic E-state index is 13.2. The number of hydrogen-bond acceptors (Lipinski definition) is 5. The van der Waals surface area contributed by atoms with E-state index < -0.39 is 27.7 Å². The van der Waals surface area contributed by atoms with Crippen LogP contribution in [0.25, 0.3) is 0 Å². The molecule has 1 fully saturated rings. The van der Waals surface area contributed by atoms with E-state index in [0.29, 0.717) is 18.9 Å². The molecule has 2 rings (SSSR count). The number of aromatic hydroxyl groups is 1. The molecule has 0 atom stereocenters. The highest BCUT2D eigenvalue weighted by Crippen LogP contribution is 2.53. The van der Waals surface area contributed by atoms with Crippen molar-refractivity contribution in [3.8, 4) is 5.75 Å². The average Bonchev–Trinajstić information content (AvgIpc) is 3.02. The van der Waals surface area contributed by atoms with Gasteiger partial charge in [0.05, 0.1) is 11.0 Å². The minimum absolute atomic E-state index is 0.0347. The van der Waals surface area contributed by atoms with Crippen molar-refractivity contribution >= 4 is 11.8 Å². The van der Waals surface area contributed by atoms with Crippen LogP contribution in [0.3, 0.4) is 0 Å². The number of benzene rings is 1. The normalized spacial score (nSPS) is 16.1. The number of nitro benzene ring substituents is 1. The summed E-state index contributed by atoms with van der Waals surface area (Å²) in [6.07, 6.45) is 2.19. The molecule has 17 heavy (non-hydrogen) atoms. The van der Waals surface area contributed by atoms with Crippen molar-refractivity contribution in [2.24, 2.45) is 4.99 Å². The third-order valence-corrected chi connectivity index (χ3v) is 2.74. The molecule has 0 saturated heterocycles. The summed E-state index contributed by atoms with van der Waals surface area (Å²) in [6.45, 7) is 0. The van der Waals surface area contributed by atoms with Gasteiger partial charge in [0.2, 0.25) is 6.08 Å². The van der Waals surface area contributed by atoms with Crippen LogP contribution in [0.4, 0.5) is 10.1 Å². The van der Waals surface area contributed by atoms with Crippen molar-refractivity contribution in [3.63, 3.8) is 0 Å². The van der Waals surface area contributed by atoms with E-state index in [1.54, 1.807) is 0 Å². The number of phenolic OH excluding ortho intramolecular Hbond substituents is 1. The SMILES string of the molecule is O=C=NC1(c2cc(F)cc([N+](=O)[O-])c2O)CC1. The van der Waals surface area contributed by atoms with Gasteiger partial charge in [-0.15, -0.1) is 0 Å². The third kappa shape index (κ3) is 1.76. The molecule has 0 unspecified atom stereocenters. The summed E-state index contributed by atoms with van der Waals surface area (Å²) < 4.78 is 13.2. The number of aliphatic imine (C=N–C) groups is 1. The van der Waals surface area contributed by atoms with Gasteiger partial charge in [0.15, 0.2) is 5.75 Å². The number of hydrogen-bond donors (Lipinski definition) is 1. The van der Waals surface area contributed by atoms with Gasteiger partial charge in [-0.25, -0.2) is 9.18 Å². The number of carbonyl (C=O) groups excluding carboxylic acids is 1. The van der Waals surface area contributed by atoms with E-state index >= 15 is 0 Å². The quantitative estimate of drug-likeness (QED) is 0.376. The minimum atomic E-state index is -1.04. The zero-order valence-electron chi connectivity index (χ0n) is 8.51. The van der Waals surface area contributed by atoms with E-state index in [1.807, 2.05) is 0 Å². The standard InChI is InChI=1S/C10H7FN2O4/c11-6-3-7(10(1-2-10)12-5-14)9(15)8(4-6)13(16)17/h3-4,15H,1-2H2. The van der Waals surface area contributed by atoms with Crippen LogP contribution in [0.1, 0.15) is 18.4 Å². The van der Waals surface area contributed by atoms with E-state index in [9.17, 15) is 24.4 Å². The lowest BCUT2D eigenvalue weighted by molar-refractivity contribution is -0.386. The summed E-state index contributed by atoms with van der Waals surface area (Å²) >= 11 is 0. The summed E-state index contributed by atoms with van der Waals surface area (Å²) in [6, 6.07) is 1.58. The van der Waals surface area contributed by atoms with Crippen LogP contribution in [0.5, 0.6) is 5.75 Å². The van der Waals surface area contributed by atoms with Gasteiger partial charge >= 0.3 is 5.69 Å². The molecule has 1 aromatic rings. The molecule has 1 aromatic carbocycles. The fourth-order valence-corrected chi connectivity index (χ4v) is 1.73. The number of rotatable bonds is 3. The summed E-state index contributed by atoms with van der Waals surface area (Å²) in [5.41, 5.74) is -1.81. The molecule has 1 N–H and O–H groups in total. The summed E-state index contributed by atoms with van der Waals surface area (Å²) in [5, 5.41) is 20.3. The first-order valence-corrected chi connectivity index (χ1v) is 4.76. The lowest BCUT2D eigenvalue weighted by Crippen LogP contribution is -2.05. The van der Waals surface area contributed by atoms with Crippen LogP contribution in [0, 0.1) is 15.9 Å². The molecule has 0 radical (unpaired) electrons. The zero-order chi connectivity index (χ0) is 12.6. The molecular formula is C10H7FN2O4. The van der Waals surface area contributed by atoms with Crippen molar-refractivity contribution in [2.45, 2.75) is 18.4 Å². The van der Waals surface area contributed by atoms with E-state index in [2.05, 4.69) is 4.99 Å². The molecule has 0 spiro atoms. The third-order valence-electron chi connectivity index (χ3n) is 2.74. The molecule has 88 valence electrons. The highest BCUT2D eigenvalue weighted by atomic mass is 19.1. The summed E-state index contributed by atoms with van der Waals surface area (Å²) in [7, 11) is 0. The number of phenols is 1. The van der Waals surface area contributed by atoms with Crippen molar-refractivity contribution in [3.05, 3.63) is 33.6 Å². The van der Waals surface area contributed by atoms with Gasteiger partial charge in [-0.3, -0.25) is 10.1 Å². The second-order valence-electron chi connectivity index (χ2n) is 3.81. The number of isocyanates is 1. The first-order valence-electron chi connectivity index (χ1n) is 4.76. The lowest BCUT2D eigenvalue weighted by atomic mass is 10.0. The van der Waals surface area contributed by atoms with E-state index in [-0.39, 0.29) is 5.56 Å². The molecule has 6 nitrogen and oxygen atoms in total. The number of nitro groups is 1. The van der Waals surface area contributed by atoms with Crippen LogP contribution in [-0.2, 0) is 10.3 Å². The van der Waals surface area contributed by atoms with Gasteiger partial charge in [-0.05, 0) is 18.9 Å². The largest absolute Gasteiger partial charge is 0.502 e. The van der Waals surface area contributed by atoms with Crippen LogP contribution in [0.2, 0.25) is 0 Å². The molecule has 0 aromatic heterocycles. The van der Waals surface area contributed by atoms with Gasteiger partial charge in [0.25, 0.3) is 0 Å². The molecule has 0 aliphatic heterocycles. The van der Waals surface area contributed by atoms with Gasteiger partial charge in [-0.2, -0.15) is 4.99 Å². The average molecular weight is 238 g/mol. The fourth-order valence-electron chi connectivity index (χ4n) is 1.73. The first-order chi connectivity index (χ1) is 8.00. The highest BCUT2D eigenvalue weighted by molar-refractivity contribution is 5.56. The van der Waals surface area contributed by atoms with Gasteiger partial charge in [0, 0.05) is 5.56 Å². The molecule has 0 bridgehead atoms. The molecule has 0 amide bonds. The maximum atomic E-state index is 13.2. The van der Waals surface area contributed by atoms with Crippen LogP contribution in [-0.4, -0.2) is 16.1 Å². The van der Waals surface area contributed by atoms with Crippen molar-refractivity contribution in [2.75, 3.05) is 0 Å². The highest BCUT2D eigenvalue weighted by Gasteiger charge is 2.48. The second kappa shape index (κ2) is 3.64. The molecule has 7 heteroatoms. The topological polar surface area (TPSA) is 92.8 Å². The van der Waals surface area contributed by atoms with Crippen LogP contribution < -0.4 is 0 Å². The Kier molecular flexibility index (Phi) is 2.40. The Balaban J connectivity index is 2.63. The van der Waals surface area contributed by atoms with E-state index in [0.717, 1.165) is 6.07 Å². The predicted octanol–water partition coefficient (Wildman–Crippen LogP) is 1.76. The predicted molar refractivity (Wildman–Crippen MR) is 53.8 cm³/mol. The molecule has 1 saturated carbocycles. The van der Waals surface area contributed by atoms with Crippen LogP contribution >= 0.6 is 0 Å². The Morgan fingerprint density at radius 2 is 2.18 bits per heavy atom. The lowest BCUT2D eigenvalue weighted by Gasteiger charge is -2.10. The Bertz CT molecular complexity index is 547. The fraction of sp³-hybridized carbons (Fsp3) is 0.300. The van der Waals surface area contributed by atoms with Gasteiger partial charge < -0.3 is 5.11 Å². The zero-order valence-corrected chi connectivity index (χ0v) is 8.51. The van der Waals surface area contributed by atoms with Crippen LogP contribution in [0.15, 0.2) is 17.1 Å². The van der Waals surface area contributed by atoms with E-state index in [1.165, 1.54) is 6.08 Å². The maximum Gasteiger partial charge on any atom is 0.314 e. The summed E-state index contributed by atoms with van der Waals surface area (Å²) in [5.74, 6) is -1.50. The molecule has 1 aliphatic rings. The van der Waals surface area contributed by atoms with Gasteiger partial charge in [0.1, 0.15) is 11.4 Å². The van der Waals surface area contributed by atoms with Crippen molar-refractivity contribution in [1.82, 2.24) is 0 Å². The Labute approximate surface area is 94.6 Å².